The van der Waals surface area contributed by atoms with Crippen LogP contribution >= 0.6 is 0 Å². The first kappa shape index (κ1) is 42.3. The maximum atomic E-state index is 15.4. The lowest BCUT2D eigenvalue weighted by atomic mass is 9.12. The van der Waals surface area contributed by atoms with Crippen molar-refractivity contribution in [2.75, 3.05) is 14.1 Å². The predicted octanol–water partition coefficient (Wildman–Crippen LogP) is 6.01. The molecule has 0 spiro atoms. The highest BCUT2D eigenvalue weighted by molar-refractivity contribution is 7.20. The highest BCUT2D eigenvalue weighted by Gasteiger charge is 2.52. The number of rotatable bonds is 5. The van der Waals surface area contributed by atoms with Crippen LogP contribution in [0.3, 0.4) is 0 Å². The molecule has 0 aliphatic heterocycles. The second-order valence-corrected chi connectivity index (χ2v) is 11.4. The normalized spacial score (nSPS) is 11.7. The summed E-state index contributed by atoms with van der Waals surface area (Å²) in [6.07, 6.45) is -7.22. The Bertz CT molecular complexity index is 2000. The lowest BCUT2D eigenvalue weighted by Crippen LogP contribution is -3.00. The summed E-state index contributed by atoms with van der Waals surface area (Å²) in [5.74, 6) is -71.1. The van der Waals surface area contributed by atoms with Crippen molar-refractivity contribution in [3.05, 3.63) is 141 Å². The van der Waals surface area contributed by atoms with Crippen LogP contribution in [-0.4, -0.2) is 25.3 Å². The summed E-state index contributed by atoms with van der Waals surface area (Å²) in [6.45, 7) is 0. The second-order valence-electron chi connectivity index (χ2n) is 11.4. The minimum absolute atomic E-state index is 0.332. The highest BCUT2D eigenvalue weighted by atomic mass is 19.2. The van der Waals surface area contributed by atoms with E-state index < -0.39 is 144 Å². The Kier molecular flexibility index (Phi) is 11.5. The van der Waals surface area contributed by atoms with E-state index in [1.807, 2.05) is 26.2 Å². The van der Waals surface area contributed by atoms with Crippen LogP contribution in [0.4, 0.5) is 93.5 Å². The molecule has 0 aliphatic carbocycles. The van der Waals surface area contributed by atoms with Gasteiger partial charge in [-0.3, -0.25) is 0 Å². The lowest BCUT2D eigenvalue weighted by Gasteiger charge is -2.44. The molecule has 5 rings (SSSR count). The molecule has 23 heteroatoms. The molecule has 2 N–H and O–H groups in total. The third kappa shape index (κ3) is 6.36. The quantitative estimate of drug-likeness (QED) is 0.0967. The Morgan fingerprint density at radius 2 is 0.545 bits per heavy atom. The van der Waals surface area contributed by atoms with E-state index in [-0.39, 0.29) is 0 Å². The molecule has 0 amide bonds. The van der Waals surface area contributed by atoms with Gasteiger partial charge in [-0.15, -0.1) is 21.9 Å². The van der Waals surface area contributed by atoms with Crippen molar-refractivity contribution >= 4 is 33.7 Å². The van der Waals surface area contributed by atoms with Gasteiger partial charge < -0.3 is 10.0 Å². The van der Waals surface area contributed by atoms with Crippen LogP contribution in [0.1, 0.15) is 0 Å². The summed E-state index contributed by atoms with van der Waals surface area (Å²) < 4.78 is 294. The largest absolute Gasteiger partial charge is 0.508 e. The molecule has 0 bridgehead atoms. The first-order chi connectivity index (χ1) is 25.4. The number of quaternary nitrogens is 1. The number of phenols is 1. The number of aromatic hydroxyl groups is 1. The predicted molar refractivity (Wildman–Crippen MR) is 150 cm³/mol. The van der Waals surface area contributed by atoms with E-state index in [2.05, 4.69) is 0 Å². The molecule has 5 aromatic rings. The molecule has 0 fully saturated rings. The van der Waals surface area contributed by atoms with E-state index >= 15 is 35.1 Å². The van der Waals surface area contributed by atoms with Crippen molar-refractivity contribution in [1.29, 1.82) is 0 Å². The molecule has 0 heterocycles. The molecular weight excluding hydrogens is 805 g/mol. The van der Waals surface area contributed by atoms with E-state index in [4.69, 9.17) is 5.11 Å². The zero-order valence-electron chi connectivity index (χ0n) is 26.4. The van der Waals surface area contributed by atoms with Crippen molar-refractivity contribution in [3.63, 3.8) is 0 Å². The van der Waals surface area contributed by atoms with Gasteiger partial charge in [-0.05, 0) is 12.1 Å². The zero-order valence-corrected chi connectivity index (χ0v) is 26.4. The third-order valence-electron chi connectivity index (χ3n) is 8.13. The SMILES string of the molecule is C[NH+](C)c1cccc(O)c1.Fc1c(F)c(F)c([B-](c2c(F)c(F)c(F)c(F)c2F)(c2c(F)c(F)c(F)c(F)c2F)c2c(F)c(F)c(F)c(F)c2F)c(F)c1F. The Morgan fingerprint density at radius 3 is 0.709 bits per heavy atom. The monoisotopic (exact) mass is 817 g/mol. The Morgan fingerprint density at radius 1 is 0.345 bits per heavy atom. The van der Waals surface area contributed by atoms with Crippen LogP contribution in [0.2, 0.25) is 0 Å². The average Bonchev–Trinajstić information content (AvgIpc) is 3.14. The molecule has 5 aromatic carbocycles. The molecule has 0 aromatic heterocycles. The molecular formula is C32H12BF20NO. The number of halogens is 20. The van der Waals surface area contributed by atoms with Gasteiger partial charge in [-0.2, -0.15) is 0 Å². The van der Waals surface area contributed by atoms with Gasteiger partial charge in [0.15, 0.2) is 69.8 Å². The highest BCUT2D eigenvalue weighted by Crippen LogP contribution is 2.30. The fourth-order valence-corrected chi connectivity index (χ4v) is 5.69. The molecule has 0 radical (unpaired) electrons. The Hall–Kier alpha value is -5.48. The smallest absolute Gasteiger partial charge is 0.200 e. The fraction of sp³-hybridized carbons (Fsp3) is 0.0625. The number of hydrogen-bond acceptors (Lipinski definition) is 1. The first-order valence-corrected chi connectivity index (χ1v) is 14.2. The van der Waals surface area contributed by atoms with Gasteiger partial charge in [0.1, 0.15) is 64.1 Å². The number of benzene rings is 5. The van der Waals surface area contributed by atoms with Crippen LogP contribution in [0.25, 0.3) is 0 Å². The maximum absolute atomic E-state index is 15.4. The third-order valence-corrected chi connectivity index (χ3v) is 8.13. The standard InChI is InChI=1S/C24BF20.C8H11NO/c26-5-1(6(27)14(35)21(42)13(5)34)25(2-7(28)15(36)22(43)16(37)8(2)29,3-9(30)17(38)23(44)18(39)10(3)31)4-11(32)19(40)24(45)20(41)12(4)33;1-9(2)7-4-3-5-8(10)6-7/h;3-6,10H,1-2H3/q-1;/p+1. The van der Waals surface area contributed by atoms with E-state index in [0.29, 0.717) is 5.75 Å². The summed E-state index contributed by atoms with van der Waals surface area (Å²) in [7, 11) is 4.05. The van der Waals surface area contributed by atoms with Crippen molar-refractivity contribution in [2.24, 2.45) is 0 Å². The number of phenolic OH excluding ortho intramolecular Hbond substituents is 1. The zero-order chi connectivity index (χ0) is 41.9. The van der Waals surface area contributed by atoms with Crippen LogP contribution in [0.15, 0.2) is 24.3 Å². The Balaban J connectivity index is 0.000000583. The second kappa shape index (κ2) is 15.0. The molecule has 0 saturated carbocycles. The van der Waals surface area contributed by atoms with Gasteiger partial charge >= 0.3 is 0 Å². The minimum atomic E-state index is -7.22. The van der Waals surface area contributed by atoms with Crippen LogP contribution in [0, 0.1) is 116 Å². The Labute approximate surface area is 292 Å². The molecule has 0 aliphatic rings. The summed E-state index contributed by atoms with van der Waals surface area (Å²) in [4.78, 5) is 1.22. The van der Waals surface area contributed by atoms with Gasteiger partial charge in [0, 0.05) is 6.07 Å². The number of nitrogens with one attached hydrogen (secondary N) is 1. The summed E-state index contributed by atoms with van der Waals surface area (Å²) in [6, 6.07) is 7.26. The molecule has 55 heavy (non-hydrogen) atoms. The van der Waals surface area contributed by atoms with Crippen molar-refractivity contribution in [3.8, 4) is 5.75 Å². The van der Waals surface area contributed by atoms with Gasteiger partial charge in [0.25, 0.3) is 0 Å². The number of hydrogen-bond donors (Lipinski definition) is 2. The van der Waals surface area contributed by atoms with E-state index in [0.717, 1.165) is 5.69 Å². The van der Waals surface area contributed by atoms with Gasteiger partial charge in [-0.1, -0.05) is 6.07 Å². The summed E-state index contributed by atoms with van der Waals surface area (Å²) in [5, 5.41) is 9.05. The average molecular weight is 817 g/mol. The fourth-order valence-electron chi connectivity index (χ4n) is 5.69. The van der Waals surface area contributed by atoms with Gasteiger partial charge in [-0.25, -0.2) is 87.8 Å². The molecule has 2 nitrogen and oxygen atoms in total. The molecule has 294 valence electrons. The van der Waals surface area contributed by atoms with Gasteiger partial charge in [0.2, 0.25) is 0 Å². The maximum Gasteiger partial charge on any atom is 0.200 e. The molecule has 0 atom stereocenters. The van der Waals surface area contributed by atoms with Crippen molar-refractivity contribution < 1.29 is 97.8 Å². The van der Waals surface area contributed by atoms with Crippen molar-refractivity contribution in [2.45, 2.75) is 0 Å². The topological polar surface area (TPSA) is 24.7 Å². The van der Waals surface area contributed by atoms with E-state index in [9.17, 15) is 52.7 Å². The van der Waals surface area contributed by atoms with Crippen LogP contribution in [0.5, 0.6) is 5.75 Å². The first-order valence-electron chi connectivity index (χ1n) is 14.2. The molecule has 0 saturated heterocycles. The summed E-state index contributed by atoms with van der Waals surface area (Å²) in [5.41, 5.74) is -13.2. The van der Waals surface area contributed by atoms with E-state index in [1.54, 1.807) is 12.1 Å². The lowest BCUT2D eigenvalue weighted by molar-refractivity contribution is -0.786. The van der Waals surface area contributed by atoms with Crippen LogP contribution < -0.4 is 26.8 Å². The summed E-state index contributed by atoms with van der Waals surface area (Å²) >= 11 is 0. The van der Waals surface area contributed by atoms with Crippen molar-refractivity contribution in [1.82, 2.24) is 0 Å². The molecule has 0 unspecified atom stereocenters. The van der Waals surface area contributed by atoms with Gasteiger partial charge in [0.05, 0.1) is 14.1 Å². The van der Waals surface area contributed by atoms with E-state index in [1.165, 1.54) is 4.90 Å². The minimum Gasteiger partial charge on any atom is -0.508 e. The van der Waals surface area contributed by atoms with Crippen LogP contribution in [-0.2, 0) is 0 Å².